The van der Waals surface area contributed by atoms with Crippen LogP contribution in [-0.2, 0) is 6.54 Å². The van der Waals surface area contributed by atoms with E-state index in [0.717, 1.165) is 38.9 Å². The lowest BCUT2D eigenvalue weighted by Gasteiger charge is -2.47. The van der Waals surface area contributed by atoms with Crippen LogP contribution < -0.4 is 16.0 Å². The number of hydrogen-bond acceptors (Lipinski definition) is 9. The molecule has 13 heteroatoms. The van der Waals surface area contributed by atoms with E-state index in [1.54, 1.807) is 0 Å². The van der Waals surface area contributed by atoms with Crippen molar-refractivity contribution in [2.75, 3.05) is 56.5 Å². The van der Waals surface area contributed by atoms with Gasteiger partial charge in [-0.1, -0.05) is 30.1 Å². The molecule has 1 aromatic carbocycles. The molecular weight excluding hydrogens is 536 g/mol. The van der Waals surface area contributed by atoms with Gasteiger partial charge in [-0.05, 0) is 38.4 Å². The van der Waals surface area contributed by atoms with Crippen LogP contribution in [0.5, 0.6) is 5.75 Å². The maximum absolute atomic E-state index is 13.9. The normalized spacial score (nSPS) is 19.6. The summed E-state index contributed by atoms with van der Waals surface area (Å²) >= 11 is 12.2. The van der Waals surface area contributed by atoms with Crippen molar-refractivity contribution in [3.8, 4) is 5.75 Å². The highest BCUT2D eigenvalue weighted by Gasteiger charge is 2.34. The van der Waals surface area contributed by atoms with Crippen LogP contribution in [0.4, 0.5) is 16.0 Å². The van der Waals surface area contributed by atoms with E-state index in [4.69, 9.17) is 34.0 Å². The molecule has 2 aromatic rings. The number of nitrogens with zero attached hydrogens (tertiary/aromatic N) is 5. The van der Waals surface area contributed by atoms with Crippen LogP contribution in [0.1, 0.15) is 42.2 Å². The van der Waals surface area contributed by atoms with E-state index in [-0.39, 0.29) is 46.6 Å². The number of nitrogens with two attached hydrogens (primary N) is 1. The Morgan fingerprint density at radius 3 is 2.63 bits per heavy atom. The molecule has 0 radical (unpaired) electrons. The van der Waals surface area contributed by atoms with E-state index < -0.39 is 11.7 Å². The molecule has 0 saturated carbocycles. The number of phenolic OH excluding ortho intramolecular Hbond substituents is 1. The SMILES string of the molecule is CC[C@H]1CN(c2nc(N)c(C(=O)NCCO)nc2Cl)CCN1C1CCN(Cc2cc(F)c(Cl)cc2O)CC1. The van der Waals surface area contributed by atoms with Gasteiger partial charge < -0.3 is 26.2 Å². The second kappa shape index (κ2) is 12.6. The molecule has 1 amide bonds. The van der Waals surface area contributed by atoms with Crippen molar-refractivity contribution in [3.05, 3.63) is 39.4 Å². The molecule has 3 heterocycles. The van der Waals surface area contributed by atoms with Gasteiger partial charge in [0.25, 0.3) is 5.91 Å². The highest BCUT2D eigenvalue weighted by Crippen LogP contribution is 2.31. The van der Waals surface area contributed by atoms with Crippen LogP contribution in [0.3, 0.4) is 0 Å². The molecule has 0 unspecified atom stereocenters. The van der Waals surface area contributed by atoms with E-state index >= 15 is 0 Å². The van der Waals surface area contributed by atoms with E-state index in [2.05, 4.69) is 36.9 Å². The topological polar surface area (TPSA) is 131 Å². The summed E-state index contributed by atoms with van der Waals surface area (Å²) in [6.07, 6.45) is 2.88. The molecule has 0 bridgehead atoms. The molecule has 2 saturated heterocycles. The van der Waals surface area contributed by atoms with Gasteiger partial charge in [0.05, 0.1) is 11.6 Å². The maximum atomic E-state index is 13.9. The number of piperidine rings is 1. The largest absolute Gasteiger partial charge is 0.508 e. The van der Waals surface area contributed by atoms with E-state index in [9.17, 15) is 14.3 Å². The third kappa shape index (κ3) is 6.40. The fourth-order valence-electron chi connectivity index (χ4n) is 5.30. The number of aromatic hydroxyl groups is 1. The number of halogens is 3. The zero-order valence-corrected chi connectivity index (χ0v) is 22.8. The lowest BCUT2D eigenvalue weighted by Crippen LogP contribution is -2.58. The van der Waals surface area contributed by atoms with Crippen LogP contribution >= 0.6 is 23.2 Å². The summed E-state index contributed by atoms with van der Waals surface area (Å²) in [5, 5.41) is 21.6. The number of carbonyl (C=O) groups is 1. The lowest BCUT2D eigenvalue weighted by molar-refractivity contribution is 0.0608. The number of benzene rings is 1. The number of rotatable bonds is 8. The summed E-state index contributed by atoms with van der Waals surface area (Å²) in [7, 11) is 0. The first-order valence-corrected chi connectivity index (χ1v) is 13.6. The van der Waals surface area contributed by atoms with Crippen LogP contribution in [0.25, 0.3) is 0 Å². The Morgan fingerprint density at radius 2 is 1.95 bits per heavy atom. The Bertz CT molecular complexity index is 1150. The molecule has 10 nitrogen and oxygen atoms in total. The average Bonchev–Trinajstić information content (AvgIpc) is 2.91. The Kier molecular flexibility index (Phi) is 9.48. The minimum atomic E-state index is -0.531. The number of aliphatic hydroxyl groups is 1. The van der Waals surface area contributed by atoms with E-state index in [1.165, 1.54) is 12.1 Å². The lowest BCUT2D eigenvalue weighted by atomic mass is 9.97. The third-order valence-corrected chi connectivity index (χ3v) is 7.86. The number of anilines is 2. The smallest absolute Gasteiger partial charge is 0.273 e. The molecule has 1 atom stereocenters. The summed E-state index contributed by atoms with van der Waals surface area (Å²) in [4.78, 5) is 27.7. The first-order valence-electron chi connectivity index (χ1n) is 12.8. The van der Waals surface area contributed by atoms with Crippen molar-refractivity contribution in [1.29, 1.82) is 0 Å². The van der Waals surface area contributed by atoms with Crippen molar-refractivity contribution in [2.24, 2.45) is 0 Å². The fraction of sp³-hybridized carbons (Fsp3) is 0.560. The number of nitrogens with one attached hydrogen (secondary N) is 1. The average molecular weight is 570 g/mol. The number of piperazine rings is 1. The minimum absolute atomic E-state index is 0.00528. The predicted octanol–water partition coefficient (Wildman–Crippen LogP) is 2.50. The Labute approximate surface area is 231 Å². The van der Waals surface area contributed by atoms with Crippen LogP contribution in [0.15, 0.2) is 12.1 Å². The first-order chi connectivity index (χ1) is 18.2. The number of aromatic nitrogens is 2. The van der Waals surface area contributed by atoms with Gasteiger partial charge in [0.2, 0.25) is 0 Å². The molecule has 2 fully saturated rings. The summed E-state index contributed by atoms with van der Waals surface area (Å²) in [6, 6.07) is 3.26. The standard InChI is InChI=1S/C25H34Cl2FN7O3/c1-2-16-14-34(24-22(27)31-21(23(29)32-24)25(38)30-5-10-36)8-9-35(16)17-3-6-33(7-4-17)13-15-11-19(28)18(26)12-20(15)37/h11-12,16-17,36-37H,2-10,13-14H2,1H3,(H2,29,32)(H,30,38)/t16-/m0/s1. The summed E-state index contributed by atoms with van der Waals surface area (Å²) in [6.45, 7) is 6.44. The molecular formula is C25H34Cl2FN7O3. The quantitative estimate of drug-likeness (QED) is 0.378. The number of nitrogen functional groups attached to an aromatic ring is 1. The second-order valence-corrected chi connectivity index (χ2v) is 10.5. The number of phenols is 1. The highest BCUT2D eigenvalue weighted by atomic mass is 35.5. The van der Waals surface area contributed by atoms with Crippen LogP contribution in [0.2, 0.25) is 10.2 Å². The molecule has 208 valence electrons. The molecule has 4 rings (SSSR count). The maximum Gasteiger partial charge on any atom is 0.273 e. The molecule has 0 aliphatic carbocycles. The van der Waals surface area contributed by atoms with Crippen LogP contribution in [0, 0.1) is 5.82 Å². The van der Waals surface area contributed by atoms with Crippen molar-refractivity contribution < 1.29 is 19.4 Å². The van der Waals surface area contributed by atoms with Gasteiger partial charge in [0.15, 0.2) is 22.5 Å². The van der Waals surface area contributed by atoms with Gasteiger partial charge in [-0.2, -0.15) is 0 Å². The number of amides is 1. The molecule has 2 aliphatic rings. The summed E-state index contributed by atoms with van der Waals surface area (Å²) in [5.74, 6) is -0.581. The monoisotopic (exact) mass is 569 g/mol. The van der Waals surface area contributed by atoms with Crippen molar-refractivity contribution in [1.82, 2.24) is 25.1 Å². The van der Waals surface area contributed by atoms with Crippen molar-refractivity contribution in [3.63, 3.8) is 0 Å². The number of likely N-dealkylation sites (tertiary alicyclic amines) is 1. The molecule has 5 N–H and O–H groups in total. The Morgan fingerprint density at radius 1 is 1.21 bits per heavy atom. The number of aliphatic hydroxyl groups excluding tert-OH is 1. The Hall–Kier alpha value is -2.44. The van der Waals surface area contributed by atoms with Gasteiger partial charge in [-0.25, -0.2) is 14.4 Å². The van der Waals surface area contributed by atoms with Gasteiger partial charge in [0.1, 0.15) is 11.6 Å². The van der Waals surface area contributed by atoms with Crippen molar-refractivity contribution >= 4 is 40.7 Å². The van der Waals surface area contributed by atoms with Gasteiger partial charge >= 0.3 is 0 Å². The Balaban J connectivity index is 1.36. The van der Waals surface area contributed by atoms with E-state index in [0.29, 0.717) is 37.1 Å². The zero-order chi connectivity index (χ0) is 27.4. The summed E-state index contributed by atoms with van der Waals surface area (Å²) in [5.41, 5.74) is 6.52. The molecule has 38 heavy (non-hydrogen) atoms. The highest BCUT2D eigenvalue weighted by molar-refractivity contribution is 6.32. The number of carbonyl (C=O) groups excluding carboxylic acids is 1. The predicted molar refractivity (Wildman–Crippen MR) is 145 cm³/mol. The molecule has 2 aliphatic heterocycles. The number of hydrogen-bond donors (Lipinski definition) is 4. The summed E-state index contributed by atoms with van der Waals surface area (Å²) < 4.78 is 13.9. The third-order valence-electron chi connectivity index (χ3n) is 7.32. The van der Waals surface area contributed by atoms with Crippen molar-refractivity contribution in [2.45, 2.75) is 44.8 Å². The second-order valence-electron chi connectivity index (χ2n) is 9.70. The zero-order valence-electron chi connectivity index (χ0n) is 21.3. The van der Waals surface area contributed by atoms with Gasteiger partial charge in [-0.3, -0.25) is 14.6 Å². The van der Waals surface area contributed by atoms with Crippen LogP contribution in [-0.4, -0.2) is 93.8 Å². The minimum Gasteiger partial charge on any atom is -0.508 e. The van der Waals surface area contributed by atoms with Gasteiger partial charge in [-0.15, -0.1) is 0 Å². The molecule has 0 spiro atoms. The first kappa shape index (κ1) is 28.6. The molecule has 1 aromatic heterocycles. The van der Waals surface area contributed by atoms with Gasteiger partial charge in [0, 0.05) is 56.4 Å². The fourth-order valence-corrected chi connectivity index (χ4v) is 5.70. The van der Waals surface area contributed by atoms with E-state index in [1.807, 2.05) is 0 Å².